The largest absolute Gasteiger partial charge is 0.493 e. The van der Waals surface area contributed by atoms with Gasteiger partial charge in [0.25, 0.3) is 0 Å². The molecule has 112 valence electrons. The summed E-state index contributed by atoms with van der Waals surface area (Å²) in [5.74, 6) is -0.854. The van der Waals surface area contributed by atoms with Crippen LogP contribution >= 0.6 is 0 Å². The summed E-state index contributed by atoms with van der Waals surface area (Å²) in [6.07, 6.45) is 0.466. The number of hydrogen-bond donors (Lipinski definition) is 1. The molecular formula is C14H15NO6. The lowest BCUT2D eigenvalue weighted by molar-refractivity contribution is -0.138. The fourth-order valence-electron chi connectivity index (χ4n) is 2.04. The molecule has 0 atom stereocenters. The lowest BCUT2D eigenvalue weighted by Gasteiger charge is -2.15. The number of likely N-dealkylation sites (tertiary alicyclic amines) is 1. The number of rotatable bonds is 6. The molecular weight excluding hydrogens is 278 g/mol. The van der Waals surface area contributed by atoms with Crippen LogP contribution in [0.4, 0.5) is 0 Å². The molecule has 1 aliphatic rings. The first-order valence-electron chi connectivity index (χ1n) is 6.40. The minimum atomic E-state index is -1.08. The fraction of sp³-hybridized carbons (Fsp3) is 0.357. The van der Waals surface area contributed by atoms with E-state index in [0.29, 0.717) is 5.75 Å². The molecule has 0 radical (unpaired) electrons. The Balaban J connectivity index is 2.02. The highest BCUT2D eigenvalue weighted by Crippen LogP contribution is 2.28. The van der Waals surface area contributed by atoms with Crippen LogP contribution in [0.15, 0.2) is 18.2 Å². The van der Waals surface area contributed by atoms with E-state index in [2.05, 4.69) is 0 Å². The molecule has 1 fully saturated rings. The number of methoxy groups -OCH3 is 1. The summed E-state index contributed by atoms with van der Waals surface area (Å²) in [7, 11) is 1.44. The number of carboxylic acid groups (broad SMARTS) is 1. The van der Waals surface area contributed by atoms with Gasteiger partial charge in [-0.3, -0.25) is 14.5 Å². The van der Waals surface area contributed by atoms with Gasteiger partial charge in [-0.15, -0.1) is 0 Å². The van der Waals surface area contributed by atoms with E-state index >= 15 is 0 Å². The van der Waals surface area contributed by atoms with E-state index < -0.39 is 5.97 Å². The Bertz CT molecular complexity index is 567. The second-order valence-corrected chi connectivity index (χ2v) is 4.46. The fourth-order valence-corrected chi connectivity index (χ4v) is 2.04. The predicted octanol–water partition coefficient (Wildman–Crippen LogP) is 0.921. The summed E-state index contributed by atoms with van der Waals surface area (Å²) in [6, 6.07) is 4.24. The van der Waals surface area contributed by atoms with E-state index in [9.17, 15) is 14.4 Å². The molecule has 1 heterocycles. The Hall–Kier alpha value is -2.57. The van der Waals surface area contributed by atoms with Crippen LogP contribution in [0.1, 0.15) is 23.2 Å². The standard InChI is InChI=1S/C14H15NO6/c1-20-10-3-2-9(14(18)19)8-11(10)21-7-6-15-12(16)4-5-13(15)17/h2-3,8H,4-7H2,1H3,(H,18,19). The van der Waals surface area contributed by atoms with Gasteiger partial charge in [-0.05, 0) is 18.2 Å². The number of carbonyl (C=O) groups is 3. The first-order chi connectivity index (χ1) is 10.0. The van der Waals surface area contributed by atoms with E-state index in [-0.39, 0.29) is 49.1 Å². The van der Waals surface area contributed by atoms with E-state index in [1.165, 1.54) is 25.3 Å². The number of carbonyl (C=O) groups excluding carboxylic acids is 2. The summed E-state index contributed by atoms with van der Waals surface area (Å²) in [6.45, 7) is 0.217. The zero-order valence-corrected chi connectivity index (χ0v) is 11.5. The third-order valence-electron chi connectivity index (χ3n) is 3.14. The van der Waals surface area contributed by atoms with E-state index in [4.69, 9.17) is 14.6 Å². The van der Waals surface area contributed by atoms with Gasteiger partial charge in [0.05, 0.1) is 19.2 Å². The van der Waals surface area contributed by atoms with Crippen LogP contribution < -0.4 is 9.47 Å². The molecule has 1 N–H and O–H groups in total. The summed E-state index contributed by atoms with van der Waals surface area (Å²) in [5, 5.41) is 8.95. The zero-order chi connectivity index (χ0) is 15.4. The normalized spacial score (nSPS) is 14.4. The molecule has 0 unspecified atom stereocenters. The topological polar surface area (TPSA) is 93.1 Å². The highest BCUT2D eigenvalue weighted by Gasteiger charge is 2.28. The highest BCUT2D eigenvalue weighted by atomic mass is 16.5. The van der Waals surface area contributed by atoms with Crippen molar-refractivity contribution in [2.75, 3.05) is 20.3 Å². The van der Waals surface area contributed by atoms with Crippen LogP contribution in [0.2, 0.25) is 0 Å². The van der Waals surface area contributed by atoms with E-state index in [1.54, 1.807) is 0 Å². The van der Waals surface area contributed by atoms with Crippen molar-refractivity contribution in [3.05, 3.63) is 23.8 Å². The highest BCUT2D eigenvalue weighted by molar-refractivity contribution is 6.01. The molecule has 2 amide bonds. The summed E-state index contributed by atoms with van der Waals surface area (Å²) in [5.41, 5.74) is 0.0686. The molecule has 0 aromatic heterocycles. The zero-order valence-electron chi connectivity index (χ0n) is 11.5. The molecule has 21 heavy (non-hydrogen) atoms. The SMILES string of the molecule is COc1ccc(C(=O)O)cc1OCCN1C(=O)CCC1=O. The number of carboxylic acids is 1. The second-order valence-electron chi connectivity index (χ2n) is 4.46. The van der Waals surface area contributed by atoms with E-state index in [1.807, 2.05) is 0 Å². The maximum Gasteiger partial charge on any atom is 0.335 e. The number of nitrogens with zero attached hydrogens (tertiary/aromatic N) is 1. The summed E-state index contributed by atoms with van der Waals surface area (Å²) < 4.78 is 10.5. The third kappa shape index (κ3) is 3.31. The van der Waals surface area contributed by atoms with Gasteiger partial charge in [-0.2, -0.15) is 0 Å². The Labute approximate surface area is 121 Å². The lowest BCUT2D eigenvalue weighted by atomic mass is 10.2. The first kappa shape index (κ1) is 14.8. The number of aromatic carboxylic acids is 1. The molecule has 1 saturated heterocycles. The second kappa shape index (κ2) is 6.25. The van der Waals surface area contributed by atoms with Crippen LogP contribution in [-0.4, -0.2) is 48.1 Å². The number of hydrogen-bond acceptors (Lipinski definition) is 5. The number of amides is 2. The van der Waals surface area contributed by atoms with Crippen LogP contribution in [0, 0.1) is 0 Å². The van der Waals surface area contributed by atoms with Crippen molar-refractivity contribution in [3.8, 4) is 11.5 Å². The van der Waals surface area contributed by atoms with Crippen LogP contribution in [-0.2, 0) is 9.59 Å². The average molecular weight is 293 g/mol. The van der Waals surface area contributed by atoms with Crippen molar-refractivity contribution in [1.82, 2.24) is 4.90 Å². The molecule has 0 bridgehead atoms. The monoisotopic (exact) mass is 293 g/mol. The van der Waals surface area contributed by atoms with Gasteiger partial charge in [0.2, 0.25) is 11.8 Å². The van der Waals surface area contributed by atoms with Crippen LogP contribution in [0.3, 0.4) is 0 Å². The van der Waals surface area contributed by atoms with Crippen LogP contribution in [0.5, 0.6) is 11.5 Å². The lowest BCUT2D eigenvalue weighted by Crippen LogP contribution is -2.33. The number of ether oxygens (including phenoxy) is 2. The number of imide groups is 1. The quantitative estimate of drug-likeness (QED) is 0.784. The van der Waals surface area contributed by atoms with Gasteiger partial charge in [0, 0.05) is 12.8 Å². The minimum Gasteiger partial charge on any atom is -0.493 e. The Morgan fingerprint density at radius 3 is 2.48 bits per heavy atom. The van der Waals surface area contributed by atoms with Crippen molar-refractivity contribution in [3.63, 3.8) is 0 Å². The molecule has 1 aliphatic heterocycles. The van der Waals surface area contributed by atoms with Crippen molar-refractivity contribution in [1.29, 1.82) is 0 Å². The Morgan fingerprint density at radius 2 is 1.90 bits per heavy atom. The van der Waals surface area contributed by atoms with Gasteiger partial charge in [-0.1, -0.05) is 0 Å². The smallest absolute Gasteiger partial charge is 0.335 e. The van der Waals surface area contributed by atoms with Gasteiger partial charge < -0.3 is 14.6 Å². The van der Waals surface area contributed by atoms with Gasteiger partial charge in [-0.25, -0.2) is 4.79 Å². The van der Waals surface area contributed by atoms with Crippen molar-refractivity contribution in [2.45, 2.75) is 12.8 Å². The first-order valence-corrected chi connectivity index (χ1v) is 6.40. The van der Waals surface area contributed by atoms with Crippen molar-refractivity contribution < 1.29 is 29.0 Å². The molecule has 7 heteroatoms. The maximum atomic E-state index is 11.4. The van der Waals surface area contributed by atoms with Crippen molar-refractivity contribution in [2.24, 2.45) is 0 Å². The predicted molar refractivity (Wildman–Crippen MR) is 71.4 cm³/mol. The Morgan fingerprint density at radius 1 is 1.24 bits per heavy atom. The molecule has 0 aliphatic carbocycles. The molecule has 0 spiro atoms. The minimum absolute atomic E-state index is 0.0686. The average Bonchev–Trinajstić information content (AvgIpc) is 2.78. The molecule has 0 saturated carbocycles. The van der Waals surface area contributed by atoms with E-state index in [0.717, 1.165) is 4.90 Å². The van der Waals surface area contributed by atoms with Gasteiger partial charge in [0.1, 0.15) is 6.61 Å². The Kier molecular flexibility index (Phi) is 4.42. The number of benzene rings is 1. The van der Waals surface area contributed by atoms with Crippen LogP contribution in [0.25, 0.3) is 0 Å². The summed E-state index contributed by atoms with van der Waals surface area (Å²) in [4.78, 5) is 35.0. The summed E-state index contributed by atoms with van der Waals surface area (Å²) >= 11 is 0. The van der Waals surface area contributed by atoms with Crippen molar-refractivity contribution >= 4 is 17.8 Å². The molecule has 2 rings (SSSR count). The maximum absolute atomic E-state index is 11.4. The van der Waals surface area contributed by atoms with Gasteiger partial charge in [0.15, 0.2) is 11.5 Å². The molecule has 7 nitrogen and oxygen atoms in total. The third-order valence-corrected chi connectivity index (χ3v) is 3.14. The van der Waals surface area contributed by atoms with Gasteiger partial charge >= 0.3 is 5.97 Å². The molecule has 1 aromatic carbocycles. The molecule has 1 aromatic rings.